The summed E-state index contributed by atoms with van der Waals surface area (Å²) in [6.07, 6.45) is 58.2. The lowest BCUT2D eigenvalue weighted by molar-refractivity contribution is -0.167. The molecule has 0 saturated heterocycles. The molecular weight excluding hydrogens is 829 g/mol. The van der Waals surface area contributed by atoms with Gasteiger partial charge in [-0.1, -0.05) is 304 Å². The molecule has 1 atom stereocenters. The highest BCUT2D eigenvalue weighted by Gasteiger charge is 2.19. The number of hydrogen-bond donors (Lipinski definition) is 0. The molecular formula is C61H118O6. The Morgan fingerprint density at radius 2 is 0.493 bits per heavy atom. The number of carbonyl (C=O) groups is 3. The Bertz CT molecular complexity index is 1020. The van der Waals surface area contributed by atoms with Crippen LogP contribution in [0.25, 0.3) is 0 Å². The average Bonchev–Trinajstić information content (AvgIpc) is 3.30. The lowest BCUT2D eigenvalue weighted by Crippen LogP contribution is -2.30. The van der Waals surface area contributed by atoms with Crippen LogP contribution in [0, 0.1) is 11.8 Å². The molecule has 0 heterocycles. The van der Waals surface area contributed by atoms with Crippen molar-refractivity contribution in [2.24, 2.45) is 11.8 Å². The number of hydrogen-bond acceptors (Lipinski definition) is 6. The third-order valence-corrected chi connectivity index (χ3v) is 14.0. The van der Waals surface area contributed by atoms with Gasteiger partial charge in [0.2, 0.25) is 0 Å². The van der Waals surface area contributed by atoms with Gasteiger partial charge < -0.3 is 14.2 Å². The molecule has 0 N–H and O–H groups in total. The molecule has 0 amide bonds. The highest BCUT2D eigenvalue weighted by Crippen LogP contribution is 2.18. The number of ether oxygens (including phenoxy) is 3. The van der Waals surface area contributed by atoms with Gasteiger partial charge in [-0.05, 0) is 31.1 Å². The average molecular weight is 948 g/mol. The standard InChI is InChI=1S/C61H118O6/c1-6-7-8-9-10-11-12-13-14-15-16-17-20-23-26-31-36-41-46-51-59(62)65-54-58(55-66-60(63)52-47-42-37-33-28-30-35-40-45-50-57(4)5)67-61(64)53-48-43-38-32-27-24-21-18-19-22-25-29-34-39-44-49-56(2)3/h56-58H,6-55H2,1-5H3/t58-/m1/s1. The van der Waals surface area contributed by atoms with Crippen LogP contribution in [0.4, 0.5) is 0 Å². The Morgan fingerprint density at radius 3 is 0.731 bits per heavy atom. The summed E-state index contributed by atoms with van der Waals surface area (Å²) in [6.45, 7) is 11.4. The van der Waals surface area contributed by atoms with Crippen LogP contribution in [0.3, 0.4) is 0 Å². The SMILES string of the molecule is CCCCCCCCCCCCCCCCCCCCCC(=O)OC[C@H](COC(=O)CCCCCCCCCCCC(C)C)OC(=O)CCCCCCCCCCCCCCCCCC(C)C. The van der Waals surface area contributed by atoms with Crippen molar-refractivity contribution in [1.29, 1.82) is 0 Å². The first-order valence-electron chi connectivity index (χ1n) is 30.2. The fraction of sp³-hybridized carbons (Fsp3) is 0.951. The van der Waals surface area contributed by atoms with Crippen molar-refractivity contribution in [3.05, 3.63) is 0 Å². The summed E-state index contributed by atoms with van der Waals surface area (Å²) in [7, 11) is 0. The van der Waals surface area contributed by atoms with E-state index in [9.17, 15) is 14.4 Å². The molecule has 0 radical (unpaired) electrons. The third kappa shape index (κ3) is 55.2. The molecule has 6 heteroatoms. The van der Waals surface area contributed by atoms with Gasteiger partial charge in [-0.3, -0.25) is 14.4 Å². The van der Waals surface area contributed by atoms with Crippen molar-refractivity contribution in [3.63, 3.8) is 0 Å². The van der Waals surface area contributed by atoms with E-state index in [-0.39, 0.29) is 31.1 Å². The van der Waals surface area contributed by atoms with Crippen molar-refractivity contribution >= 4 is 17.9 Å². The summed E-state index contributed by atoms with van der Waals surface area (Å²) >= 11 is 0. The van der Waals surface area contributed by atoms with E-state index in [1.165, 1.54) is 231 Å². The topological polar surface area (TPSA) is 78.9 Å². The van der Waals surface area contributed by atoms with E-state index in [2.05, 4.69) is 34.6 Å². The number of esters is 3. The molecule has 0 aliphatic rings. The second-order valence-corrected chi connectivity index (χ2v) is 21.9. The highest BCUT2D eigenvalue weighted by molar-refractivity contribution is 5.71. The second-order valence-electron chi connectivity index (χ2n) is 21.9. The summed E-state index contributed by atoms with van der Waals surface area (Å²) < 4.78 is 16.9. The van der Waals surface area contributed by atoms with Crippen LogP contribution in [-0.4, -0.2) is 37.2 Å². The van der Waals surface area contributed by atoms with Crippen LogP contribution < -0.4 is 0 Å². The van der Waals surface area contributed by atoms with Gasteiger partial charge in [0.05, 0.1) is 0 Å². The van der Waals surface area contributed by atoms with Gasteiger partial charge in [0.15, 0.2) is 6.10 Å². The molecule has 67 heavy (non-hydrogen) atoms. The molecule has 0 aromatic heterocycles. The van der Waals surface area contributed by atoms with E-state index in [4.69, 9.17) is 14.2 Å². The number of unbranched alkanes of at least 4 members (excludes halogenated alkanes) is 40. The Labute approximate surface area is 418 Å². The van der Waals surface area contributed by atoms with Crippen molar-refractivity contribution < 1.29 is 28.6 Å². The van der Waals surface area contributed by atoms with E-state index < -0.39 is 6.10 Å². The smallest absolute Gasteiger partial charge is 0.306 e. The molecule has 0 bridgehead atoms. The molecule has 0 saturated carbocycles. The summed E-state index contributed by atoms with van der Waals surface area (Å²) in [5.41, 5.74) is 0. The van der Waals surface area contributed by atoms with Crippen LogP contribution in [0.2, 0.25) is 0 Å². The van der Waals surface area contributed by atoms with Crippen molar-refractivity contribution in [3.8, 4) is 0 Å². The molecule has 0 aliphatic heterocycles. The van der Waals surface area contributed by atoms with Crippen LogP contribution in [-0.2, 0) is 28.6 Å². The van der Waals surface area contributed by atoms with Crippen LogP contribution in [0.1, 0.15) is 343 Å². The Hall–Kier alpha value is -1.59. The minimum atomic E-state index is -0.763. The summed E-state index contributed by atoms with van der Waals surface area (Å²) in [5.74, 6) is 0.818. The zero-order valence-corrected chi connectivity index (χ0v) is 46.0. The fourth-order valence-corrected chi connectivity index (χ4v) is 9.40. The van der Waals surface area contributed by atoms with Crippen molar-refractivity contribution in [2.45, 2.75) is 349 Å². The zero-order valence-electron chi connectivity index (χ0n) is 46.0. The van der Waals surface area contributed by atoms with Crippen LogP contribution in [0.5, 0.6) is 0 Å². The molecule has 0 aliphatic carbocycles. The normalized spacial score (nSPS) is 12.0. The van der Waals surface area contributed by atoms with Gasteiger partial charge >= 0.3 is 17.9 Å². The monoisotopic (exact) mass is 947 g/mol. The first-order chi connectivity index (χ1) is 32.7. The molecule has 398 valence electrons. The van der Waals surface area contributed by atoms with Gasteiger partial charge in [-0.15, -0.1) is 0 Å². The van der Waals surface area contributed by atoms with Gasteiger partial charge in [-0.2, -0.15) is 0 Å². The quantitative estimate of drug-likeness (QED) is 0.0343. The predicted octanol–water partition coefficient (Wildman–Crippen LogP) is 20.0. The van der Waals surface area contributed by atoms with Gasteiger partial charge in [-0.25, -0.2) is 0 Å². The predicted molar refractivity (Wildman–Crippen MR) is 289 cm³/mol. The van der Waals surface area contributed by atoms with Crippen molar-refractivity contribution in [1.82, 2.24) is 0 Å². The van der Waals surface area contributed by atoms with E-state index in [1.807, 2.05) is 0 Å². The molecule has 0 aromatic carbocycles. The van der Waals surface area contributed by atoms with Crippen LogP contribution in [0.15, 0.2) is 0 Å². The third-order valence-electron chi connectivity index (χ3n) is 14.0. The molecule has 0 aromatic rings. The highest BCUT2D eigenvalue weighted by atomic mass is 16.6. The Balaban J connectivity index is 4.26. The summed E-state index contributed by atoms with van der Waals surface area (Å²) in [5, 5.41) is 0. The lowest BCUT2D eigenvalue weighted by atomic mass is 10.0. The molecule has 6 nitrogen and oxygen atoms in total. The first kappa shape index (κ1) is 65.4. The van der Waals surface area contributed by atoms with E-state index >= 15 is 0 Å². The molecule has 0 fully saturated rings. The number of rotatable bonds is 55. The lowest BCUT2D eigenvalue weighted by Gasteiger charge is -2.18. The zero-order chi connectivity index (χ0) is 48.9. The summed E-state index contributed by atoms with van der Waals surface area (Å²) in [4.78, 5) is 38.2. The minimum Gasteiger partial charge on any atom is -0.462 e. The maximum atomic E-state index is 12.9. The maximum absolute atomic E-state index is 12.9. The van der Waals surface area contributed by atoms with Gasteiger partial charge in [0.25, 0.3) is 0 Å². The minimum absolute atomic E-state index is 0.0626. The first-order valence-corrected chi connectivity index (χ1v) is 30.2. The molecule has 0 rings (SSSR count). The Morgan fingerprint density at radius 1 is 0.284 bits per heavy atom. The fourth-order valence-electron chi connectivity index (χ4n) is 9.40. The van der Waals surface area contributed by atoms with Gasteiger partial charge in [0.1, 0.15) is 13.2 Å². The van der Waals surface area contributed by atoms with Crippen LogP contribution >= 0.6 is 0 Å². The van der Waals surface area contributed by atoms with Crippen molar-refractivity contribution in [2.75, 3.05) is 13.2 Å². The van der Waals surface area contributed by atoms with E-state index in [0.717, 1.165) is 69.6 Å². The molecule has 0 spiro atoms. The van der Waals surface area contributed by atoms with E-state index in [1.54, 1.807) is 0 Å². The largest absolute Gasteiger partial charge is 0.462 e. The number of carbonyl (C=O) groups excluding carboxylic acids is 3. The maximum Gasteiger partial charge on any atom is 0.306 e. The Kier molecular flexibility index (Phi) is 52.5. The molecule has 0 unspecified atom stereocenters. The summed E-state index contributed by atoms with van der Waals surface area (Å²) in [6, 6.07) is 0. The van der Waals surface area contributed by atoms with E-state index in [0.29, 0.717) is 19.3 Å². The van der Waals surface area contributed by atoms with Gasteiger partial charge in [0, 0.05) is 19.3 Å². The second kappa shape index (κ2) is 53.8.